The van der Waals surface area contributed by atoms with Crippen molar-refractivity contribution in [2.75, 3.05) is 0 Å². The molecule has 0 saturated heterocycles. The Balaban J connectivity index is 2.33. The van der Waals surface area contributed by atoms with Crippen LogP contribution in [0.5, 0.6) is 0 Å². The summed E-state index contributed by atoms with van der Waals surface area (Å²) in [4.78, 5) is 0.968. The first-order valence-corrected chi connectivity index (χ1v) is 6.84. The van der Waals surface area contributed by atoms with Crippen LogP contribution in [0.2, 0.25) is 5.02 Å². The maximum absolute atomic E-state index is 13.3. The van der Waals surface area contributed by atoms with Gasteiger partial charge < -0.3 is 0 Å². The van der Waals surface area contributed by atoms with Gasteiger partial charge in [0.1, 0.15) is 5.82 Å². The first-order chi connectivity index (χ1) is 7.58. The highest BCUT2D eigenvalue weighted by Gasteiger charge is 2.14. The lowest BCUT2D eigenvalue weighted by Gasteiger charge is -2.08. The van der Waals surface area contributed by atoms with E-state index in [2.05, 4.69) is 15.9 Å². The van der Waals surface area contributed by atoms with Crippen LogP contribution in [0.15, 0.2) is 34.1 Å². The lowest BCUT2D eigenvalue weighted by molar-refractivity contribution is 0.626. The van der Waals surface area contributed by atoms with Gasteiger partial charge >= 0.3 is 0 Å². The number of thiophene rings is 1. The van der Waals surface area contributed by atoms with Crippen LogP contribution in [0.1, 0.15) is 15.8 Å². The van der Waals surface area contributed by atoms with Crippen LogP contribution in [0, 0.1) is 5.82 Å². The highest BCUT2D eigenvalue weighted by atomic mass is 79.9. The molecule has 0 saturated carbocycles. The molecule has 1 atom stereocenters. The monoisotopic (exact) mass is 338 g/mol. The molecule has 0 aliphatic rings. The standard InChI is InChI=1S/C11H6BrCl2FS/c12-10-4-3-9(16-10)11(14)6-1-2-7(13)8(15)5-6/h1-5,11H. The van der Waals surface area contributed by atoms with Crippen LogP contribution in [0.3, 0.4) is 0 Å². The summed E-state index contributed by atoms with van der Waals surface area (Å²) in [5, 5.41) is -0.233. The fourth-order valence-corrected chi connectivity index (χ4v) is 3.19. The Morgan fingerprint density at radius 3 is 2.56 bits per heavy atom. The molecular weight excluding hydrogens is 334 g/mol. The number of hydrogen-bond donors (Lipinski definition) is 0. The normalized spacial score (nSPS) is 12.8. The molecular formula is C11H6BrCl2FS. The van der Waals surface area contributed by atoms with E-state index in [-0.39, 0.29) is 10.4 Å². The summed E-state index contributed by atoms with van der Waals surface area (Å²) in [5.74, 6) is -0.444. The maximum Gasteiger partial charge on any atom is 0.142 e. The zero-order valence-corrected chi connectivity index (χ0v) is 11.8. The van der Waals surface area contributed by atoms with E-state index in [0.29, 0.717) is 5.56 Å². The molecule has 0 nitrogen and oxygen atoms in total. The molecule has 1 unspecified atom stereocenters. The predicted octanol–water partition coefficient (Wildman–Crippen LogP) is 5.63. The Morgan fingerprint density at radius 2 is 2.00 bits per heavy atom. The van der Waals surface area contributed by atoms with Crippen molar-refractivity contribution in [3.8, 4) is 0 Å². The summed E-state index contributed by atoms with van der Waals surface area (Å²) in [5.41, 5.74) is 0.706. The van der Waals surface area contributed by atoms with Crippen LogP contribution in [-0.2, 0) is 0 Å². The molecule has 2 rings (SSSR count). The molecule has 0 fully saturated rings. The highest BCUT2D eigenvalue weighted by molar-refractivity contribution is 9.11. The van der Waals surface area contributed by atoms with E-state index in [9.17, 15) is 4.39 Å². The summed E-state index contributed by atoms with van der Waals surface area (Å²) in [6.07, 6.45) is 0. The van der Waals surface area contributed by atoms with Crippen molar-refractivity contribution in [3.05, 3.63) is 55.4 Å². The van der Waals surface area contributed by atoms with Crippen molar-refractivity contribution in [2.45, 2.75) is 5.38 Å². The predicted molar refractivity (Wildman–Crippen MR) is 71.1 cm³/mol. The Morgan fingerprint density at radius 1 is 1.25 bits per heavy atom. The minimum atomic E-state index is -0.444. The van der Waals surface area contributed by atoms with Gasteiger partial charge in [-0.1, -0.05) is 17.7 Å². The van der Waals surface area contributed by atoms with E-state index in [4.69, 9.17) is 23.2 Å². The minimum Gasteiger partial charge on any atom is -0.205 e. The van der Waals surface area contributed by atoms with Gasteiger partial charge in [-0.25, -0.2) is 4.39 Å². The first-order valence-electron chi connectivity index (χ1n) is 4.42. The summed E-state index contributed by atoms with van der Waals surface area (Å²) in [7, 11) is 0. The molecule has 16 heavy (non-hydrogen) atoms. The Hall–Kier alpha value is -0.0900. The molecule has 84 valence electrons. The topological polar surface area (TPSA) is 0 Å². The Bertz CT molecular complexity index is 512. The smallest absolute Gasteiger partial charge is 0.142 e. The molecule has 2 aromatic rings. The van der Waals surface area contributed by atoms with E-state index in [1.165, 1.54) is 23.5 Å². The van der Waals surface area contributed by atoms with E-state index < -0.39 is 5.82 Å². The lowest BCUT2D eigenvalue weighted by Crippen LogP contribution is -1.91. The van der Waals surface area contributed by atoms with E-state index in [0.717, 1.165) is 8.66 Å². The molecule has 0 aliphatic carbocycles. The highest BCUT2D eigenvalue weighted by Crippen LogP contribution is 2.36. The van der Waals surface area contributed by atoms with Crippen LogP contribution in [-0.4, -0.2) is 0 Å². The van der Waals surface area contributed by atoms with Gasteiger partial charge in [0.2, 0.25) is 0 Å². The van der Waals surface area contributed by atoms with Crippen LogP contribution in [0.4, 0.5) is 4.39 Å². The van der Waals surface area contributed by atoms with Gasteiger partial charge in [-0.3, -0.25) is 0 Å². The fraction of sp³-hybridized carbons (Fsp3) is 0.0909. The third kappa shape index (κ3) is 2.59. The van der Waals surface area contributed by atoms with Gasteiger partial charge in [0.05, 0.1) is 14.2 Å². The molecule has 0 amide bonds. The minimum absolute atomic E-state index is 0.111. The molecule has 5 heteroatoms. The van der Waals surface area contributed by atoms with Gasteiger partial charge in [-0.2, -0.15) is 0 Å². The Labute approximate surface area is 115 Å². The number of rotatable bonds is 2. The Kier molecular flexibility index (Phi) is 3.90. The summed E-state index contributed by atoms with van der Waals surface area (Å²) < 4.78 is 14.3. The molecule has 1 aromatic heterocycles. The molecule has 0 spiro atoms. The zero-order chi connectivity index (χ0) is 11.7. The van der Waals surface area contributed by atoms with Gasteiger partial charge in [0.15, 0.2) is 0 Å². The zero-order valence-electron chi connectivity index (χ0n) is 7.88. The third-order valence-corrected chi connectivity index (χ3v) is 4.69. The van der Waals surface area contributed by atoms with Crippen molar-refractivity contribution in [3.63, 3.8) is 0 Å². The molecule has 0 aliphatic heterocycles. The largest absolute Gasteiger partial charge is 0.205 e. The van der Waals surface area contributed by atoms with Crippen LogP contribution >= 0.6 is 50.5 Å². The average Bonchev–Trinajstić information content (AvgIpc) is 2.68. The van der Waals surface area contributed by atoms with Crippen molar-refractivity contribution in [1.29, 1.82) is 0 Å². The maximum atomic E-state index is 13.3. The van der Waals surface area contributed by atoms with E-state index in [1.54, 1.807) is 6.07 Å². The first kappa shape index (κ1) is 12.4. The molecule has 1 aromatic carbocycles. The fourth-order valence-electron chi connectivity index (χ4n) is 1.30. The second-order valence-electron chi connectivity index (χ2n) is 3.18. The van der Waals surface area contributed by atoms with Crippen molar-refractivity contribution in [1.82, 2.24) is 0 Å². The summed E-state index contributed by atoms with van der Waals surface area (Å²) >= 11 is 16.8. The molecule has 0 radical (unpaired) electrons. The average molecular weight is 340 g/mol. The number of benzene rings is 1. The van der Waals surface area contributed by atoms with Gasteiger partial charge in [0.25, 0.3) is 0 Å². The molecule has 0 N–H and O–H groups in total. The number of halogens is 4. The molecule has 1 heterocycles. The lowest BCUT2D eigenvalue weighted by atomic mass is 10.1. The van der Waals surface area contributed by atoms with Crippen LogP contribution in [0.25, 0.3) is 0 Å². The molecule has 0 bridgehead atoms. The van der Waals surface area contributed by atoms with Gasteiger partial charge in [-0.05, 0) is 45.8 Å². The SMILES string of the molecule is Fc1cc(C(Cl)c2ccc(Br)s2)ccc1Cl. The summed E-state index contributed by atoms with van der Waals surface area (Å²) in [6.45, 7) is 0. The van der Waals surface area contributed by atoms with Crippen molar-refractivity contribution < 1.29 is 4.39 Å². The van der Waals surface area contributed by atoms with Crippen LogP contribution < -0.4 is 0 Å². The van der Waals surface area contributed by atoms with E-state index in [1.807, 2.05) is 12.1 Å². The van der Waals surface area contributed by atoms with Crippen molar-refractivity contribution in [2.24, 2.45) is 0 Å². The third-order valence-electron chi connectivity index (χ3n) is 2.08. The van der Waals surface area contributed by atoms with Gasteiger partial charge in [0, 0.05) is 4.88 Å². The second kappa shape index (κ2) is 5.05. The van der Waals surface area contributed by atoms with Crippen molar-refractivity contribution >= 4 is 50.5 Å². The van der Waals surface area contributed by atoms with Gasteiger partial charge in [-0.15, -0.1) is 22.9 Å². The number of hydrogen-bond acceptors (Lipinski definition) is 1. The second-order valence-corrected chi connectivity index (χ2v) is 6.52. The number of alkyl halides is 1. The van der Waals surface area contributed by atoms with E-state index >= 15 is 0 Å². The summed E-state index contributed by atoms with van der Waals surface area (Å²) in [6, 6.07) is 8.45. The quantitative estimate of drug-likeness (QED) is 0.622.